The molecule has 1 fully saturated rings. The number of alkyl halides is 1. The molecule has 4 aromatic rings. The van der Waals surface area contributed by atoms with Gasteiger partial charge in [-0.25, -0.2) is 4.39 Å². The fraction of sp³-hybridized carbons (Fsp3) is 0.478. The molecule has 1 unspecified atom stereocenters. The van der Waals surface area contributed by atoms with Crippen LogP contribution in [0.25, 0.3) is 0 Å². The van der Waals surface area contributed by atoms with Crippen molar-refractivity contribution < 1.29 is 27.8 Å². The van der Waals surface area contributed by atoms with E-state index in [4.69, 9.17) is 23.4 Å². The van der Waals surface area contributed by atoms with Crippen molar-refractivity contribution in [2.45, 2.75) is 138 Å². The minimum absolute atomic E-state index is 0.121. The predicted molar refractivity (Wildman–Crippen MR) is 222 cm³/mol. The van der Waals surface area contributed by atoms with Gasteiger partial charge in [-0.1, -0.05) is 162 Å². The number of benzene rings is 4. The zero-order valence-electron chi connectivity index (χ0n) is 33.2. The first-order valence-electron chi connectivity index (χ1n) is 19.6. The summed E-state index contributed by atoms with van der Waals surface area (Å²) in [6.07, 6.45) is -1.14. The average Bonchev–Trinajstić information content (AvgIpc) is 3.16. The molecule has 0 spiro atoms. The summed E-state index contributed by atoms with van der Waals surface area (Å²) in [6, 6.07) is 40.2. The highest BCUT2D eigenvalue weighted by Gasteiger charge is 2.57. The van der Waals surface area contributed by atoms with E-state index < -0.39 is 37.7 Å². The number of ether oxygens (including phenoxy) is 4. The van der Waals surface area contributed by atoms with Gasteiger partial charge in [0.05, 0.1) is 44.7 Å². The third-order valence-electron chi connectivity index (χ3n) is 11.0. The van der Waals surface area contributed by atoms with Gasteiger partial charge in [0.25, 0.3) is 0 Å². The molecule has 8 heteroatoms. The van der Waals surface area contributed by atoms with E-state index in [0.29, 0.717) is 49.5 Å². The average molecular weight is 773 g/mol. The van der Waals surface area contributed by atoms with Crippen molar-refractivity contribution in [1.82, 2.24) is 0 Å². The van der Waals surface area contributed by atoms with Gasteiger partial charge in [0, 0.05) is 17.7 Å². The lowest BCUT2D eigenvalue weighted by Gasteiger charge is -2.55. The Morgan fingerprint density at radius 3 is 1.70 bits per heavy atom. The molecule has 1 aliphatic rings. The van der Waals surface area contributed by atoms with E-state index in [1.54, 1.807) is 0 Å². The lowest BCUT2D eigenvalue weighted by Crippen LogP contribution is -2.66. The number of hydrogen-bond acceptors (Lipinski definition) is 6. The van der Waals surface area contributed by atoms with Gasteiger partial charge in [-0.05, 0) is 52.4 Å². The molecule has 1 heterocycles. The molecule has 5 nitrogen and oxygen atoms in total. The second-order valence-corrected chi connectivity index (χ2v) is 22.3. The molecule has 4 aromatic carbocycles. The maximum atomic E-state index is 16.5. The Morgan fingerprint density at radius 2 is 1.19 bits per heavy atom. The van der Waals surface area contributed by atoms with E-state index in [1.807, 2.05) is 97.1 Å². The number of thioether (sulfide) groups is 1. The van der Waals surface area contributed by atoms with E-state index in [1.165, 1.54) is 11.8 Å². The molecule has 292 valence electrons. The highest BCUT2D eigenvalue weighted by molar-refractivity contribution is 7.99. The van der Waals surface area contributed by atoms with Crippen LogP contribution in [0.3, 0.4) is 0 Å². The van der Waals surface area contributed by atoms with E-state index in [0.717, 1.165) is 21.6 Å². The van der Waals surface area contributed by atoms with Gasteiger partial charge in [0.2, 0.25) is 8.32 Å². The molecule has 0 bridgehead atoms. The zero-order chi connectivity index (χ0) is 38.6. The summed E-state index contributed by atoms with van der Waals surface area (Å²) < 4.78 is 51.6. The minimum atomic E-state index is -2.47. The molecule has 0 N–H and O–H groups in total. The van der Waals surface area contributed by atoms with Gasteiger partial charge >= 0.3 is 0 Å². The molecule has 54 heavy (non-hydrogen) atoms. The smallest absolute Gasteiger partial charge is 0.200 e. The van der Waals surface area contributed by atoms with Gasteiger partial charge < -0.3 is 23.4 Å². The summed E-state index contributed by atoms with van der Waals surface area (Å²) in [6.45, 7) is 17.4. The van der Waals surface area contributed by atoms with Crippen LogP contribution in [-0.2, 0) is 43.2 Å². The molecule has 0 saturated carbocycles. The molecule has 1 aliphatic heterocycles. The van der Waals surface area contributed by atoms with E-state index in [2.05, 4.69) is 72.7 Å². The lowest BCUT2D eigenvalue weighted by molar-refractivity contribution is -0.276. The summed E-state index contributed by atoms with van der Waals surface area (Å²) in [5.74, 6) is 0. The topological polar surface area (TPSA) is 46.2 Å². The van der Waals surface area contributed by atoms with Crippen LogP contribution in [0.5, 0.6) is 0 Å². The molecule has 0 aromatic heterocycles. The van der Waals surface area contributed by atoms with Crippen LogP contribution < -0.4 is 0 Å². The summed E-state index contributed by atoms with van der Waals surface area (Å²) in [5, 5.41) is 0. The van der Waals surface area contributed by atoms with Crippen LogP contribution in [-0.4, -0.2) is 50.4 Å². The Hall–Kier alpha value is -2.82. The fourth-order valence-electron chi connectivity index (χ4n) is 8.24. The third kappa shape index (κ3) is 11.2. The van der Waals surface area contributed by atoms with Crippen molar-refractivity contribution in [3.05, 3.63) is 138 Å². The first-order valence-corrected chi connectivity index (χ1v) is 22.7. The van der Waals surface area contributed by atoms with Gasteiger partial charge in [-0.3, -0.25) is 0 Å². The molecule has 0 aliphatic carbocycles. The SMILES string of the molecule is CC(C)[Si](O[C@@H]1C[C@H](OCc2ccccc2)[C@@H](COCc2ccccc2)O[C@@]1(C)[C@@H](CC(F)Sc1ccccc1)OCc1ccccc1)(C(C)C)C(C)C. The zero-order valence-corrected chi connectivity index (χ0v) is 35.1. The van der Waals surface area contributed by atoms with E-state index in [9.17, 15) is 0 Å². The number of hydrogen-bond donors (Lipinski definition) is 0. The largest absolute Gasteiger partial charge is 0.410 e. The van der Waals surface area contributed by atoms with Crippen molar-refractivity contribution in [3.8, 4) is 0 Å². The van der Waals surface area contributed by atoms with Crippen molar-refractivity contribution in [1.29, 1.82) is 0 Å². The second kappa shape index (κ2) is 20.4. The maximum Gasteiger partial charge on any atom is 0.200 e. The van der Waals surface area contributed by atoms with E-state index >= 15 is 4.39 Å². The highest BCUT2D eigenvalue weighted by Crippen LogP contribution is 2.48. The normalized spacial score (nSPS) is 21.8. The standard InChI is InChI=1S/C46H61FO5SSi/c1-34(2)54(35(3)4,36(5)6)52-44-28-41(49-31-38-22-14-9-15-23-38)42(33-48-30-37-20-12-8-13-21-37)51-46(44,7)43(50-32-39-24-16-10-17-25-39)29-45(47)53-40-26-18-11-19-27-40/h8-27,34-36,41-45H,28-33H2,1-7H3/t41-,42+,43+,44+,45?,46-/m0/s1. The quantitative estimate of drug-likeness (QED) is 0.0658. The van der Waals surface area contributed by atoms with Gasteiger partial charge in [0.15, 0.2) is 5.50 Å². The number of halogens is 1. The summed E-state index contributed by atoms with van der Waals surface area (Å²) in [4.78, 5) is 0.877. The molecular weight excluding hydrogens is 712 g/mol. The van der Waals surface area contributed by atoms with Crippen molar-refractivity contribution in [2.75, 3.05) is 6.61 Å². The molecule has 5 rings (SSSR count). The van der Waals surface area contributed by atoms with Gasteiger partial charge in [-0.2, -0.15) is 0 Å². The third-order valence-corrected chi connectivity index (χ3v) is 18.1. The Balaban J connectivity index is 1.53. The Labute approximate surface area is 329 Å². The van der Waals surface area contributed by atoms with Crippen LogP contribution in [0.15, 0.2) is 126 Å². The van der Waals surface area contributed by atoms with Crippen LogP contribution in [0.4, 0.5) is 4.39 Å². The van der Waals surface area contributed by atoms with Crippen molar-refractivity contribution in [3.63, 3.8) is 0 Å². The summed E-state index contributed by atoms with van der Waals surface area (Å²) in [5.41, 5.74) is 1.94. The molecule has 0 amide bonds. The van der Waals surface area contributed by atoms with Crippen LogP contribution >= 0.6 is 11.8 Å². The molecule has 1 saturated heterocycles. The Kier molecular flexibility index (Phi) is 16.0. The van der Waals surface area contributed by atoms with Crippen molar-refractivity contribution in [2.24, 2.45) is 0 Å². The van der Waals surface area contributed by atoms with Gasteiger partial charge in [-0.15, -0.1) is 0 Å². The summed E-state index contributed by atoms with van der Waals surface area (Å²) >= 11 is 1.22. The first-order chi connectivity index (χ1) is 26.0. The highest BCUT2D eigenvalue weighted by atomic mass is 32.2. The van der Waals surface area contributed by atoms with Crippen LogP contribution in [0.1, 0.15) is 78.0 Å². The predicted octanol–water partition coefficient (Wildman–Crippen LogP) is 12.0. The molecular formula is C46H61FO5SSi. The molecule has 6 atom stereocenters. The number of rotatable bonds is 20. The van der Waals surface area contributed by atoms with Crippen LogP contribution in [0.2, 0.25) is 16.6 Å². The monoisotopic (exact) mass is 772 g/mol. The fourth-order valence-corrected chi connectivity index (χ4v) is 14.8. The van der Waals surface area contributed by atoms with Gasteiger partial charge in [0.1, 0.15) is 11.7 Å². The second-order valence-electron chi connectivity index (χ2n) is 15.7. The Morgan fingerprint density at radius 1 is 0.704 bits per heavy atom. The van der Waals surface area contributed by atoms with Crippen LogP contribution in [0, 0.1) is 0 Å². The van der Waals surface area contributed by atoms with E-state index in [-0.39, 0.29) is 12.5 Å². The minimum Gasteiger partial charge on any atom is -0.410 e. The lowest BCUT2D eigenvalue weighted by atomic mass is 9.82. The Bertz CT molecular complexity index is 1610. The molecule has 0 radical (unpaired) electrons. The van der Waals surface area contributed by atoms with Crippen molar-refractivity contribution >= 4 is 20.1 Å². The first kappa shape index (κ1) is 42.3. The summed E-state index contributed by atoms with van der Waals surface area (Å²) in [7, 11) is -2.47. The maximum absolute atomic E-state index is 16.5.